The number of fused-ring (bicyclic) bond motifs is 1. The second-order valence-electron chi connectivity index (χ2n) is 6.40. The van der Waals surface area contributed by atoms with Gasteiger partial charge in [0.25, 0.3) is 5.56 Å². The van der Waals surface area contributed by atoms with Crippen molar-refractivity contribution in [1.82, 2.24) is 25.2 Å². The molecule has 2 aromatic carbocycles. The van der Waals surface area contributed by atoms with E-state index in [-0.39, 0.29) is 36.5 Å². The van der Waals surface area contributed by atoms with Crippen LogP contribution in [0.4, 0.5) is 0 Å². The minimum atomic E-state index is -0.321. The molecule has 146 valence electrons. The maximum absolute atomic E-state index is 13.0. The minimum absolute atomic E-state index is 0. The molecule has 1 unspecified atom stereocenters. The largest absolute Gasteiger partial charge is 0.331 e. The topological polar surface area (TPSA) is 80.1 Å². The van der Waals surface area contributed by atoms with Gasteiger partial charge in [-0.2, -0.15) is 0 Å². The van der Waals surface area contributed by atoms with Gasteiger partial charge >= 0.3 is 0 Å². The maximum atomic E-state index is 13.0. The van der Waals surface area contributed by atoms with Gasteiger partial charge in [-0.25, -0.2) is 4.68 Å². The van der Waals surface area contributed by atoms with E-state index < -0.39 is 0 Å². The molecule has 1 aliphatic rings. The number of nitrogens with zero attached hydrogens (tertiary/aromatic N) is 4. The summed E-state index contributed by atoms with van der Waals surface area (Å²) >= 11 is 6.34. The Labute approximate surface area is 172 Å². The Morgan fingerprint density at radius 3 is 2.75 bits per heavy atom. The summed E-state index contributed by atoms with van der Waals surface area (Å²) in [6.45, 7) is 1.67. The van der Waals surface area contributed by atoms with Crippen molar-refractivity contribution < 1.29 is 4.79 Å². The van der Waals surface area contributed by atoms with Gasteiger partial charge in [0.05, 0.1) is 11.4 Å². The van der Waals surface area contributed by atoms with Crippen molar-refractivity contribution in [3.63, 3.8) is 0 Å². The molecule has 0 aliphatic carbocycles. The van der Waals surface area contributed by atoms with E-state index in [9.17, 15) is 9.59 Å². The van der Waals surface area contributed by atoms with E-state index in [4.69, 9.17) is 11.6 Å². The average molecular weight is 420 g/mol. The molecule has 0 spiro atoms. The normalized spacial score (nSPS) is 16.6. The molecular weight excluding hydrogens is 401 g/mol. The van der Waals surface area contributed by atoms with Crippen molar-refractivity contribution in [2.24, 2.45) is 0 Å². The Bertz CT molecular complexity index is 1060. The van der Waals surface area contributed by atoms with Crippen LogP contribution in [0, 0.1) is 0 Å². The van der Waals surface area contributed by atoms with Crippen LogP contribution in [-0.2, 0) is 11.3 Å². The Hall–Kier alpha value is -2.48. The Morgan fingerprint density at radius 1 is 1.18 bits per heavy atom. The minimum Gasteiger partial charge on any atom is -0.331 e. The van der Waals surface area contributed by atoms with E-state index in [2.05, 4.69) is 15.6 Å². The van der Waals surface area contributed by atoms with Crippen LogP contribution in [-0.4, -0.2) is 45.4 Å². The third-order valence-corrected chi connectivity index (χ3v) is 5.09. The summed E-state index contributed by atoms with van der Waals surface area (Å²) in [7, 11) is 0. The van der Waals surface area contributed by atoms with Crippen LogP contribution in [0.5, 0.6) is 0 Å². The molecule has 1 amide bonds. The lowest BCUT2D eigenvalue weighted by atomic mass is 10.0. The van der Waals surface area contributed by atoms with Crippen molar-refractivity contribution in [1.29, 1.82) is 0 Å². The van der Waals surface area contributed by atoms with E-state index in [1.807, 2.05) is 24.3 Å². The van der Waals surface area contributed by atoms with Crippen molar-refractivity contribution in [2.75, 3.05) is 19.6 Å². The average Bonchev–Trinajstić information content (AvgIpc) is 2.71. The molecule has 2 heterocycles. The molecular formula is C19H19Cl2N5O2. The summed E-state index contributed by atoms with van der Waals surface area (Å²) in [5.41, 5.74) is 1.08. The molecule has 1 aromatic heterocycles. The fraction of sp³-hybridized carbons (Fsp3) is 0.263. The van der Waals surface area contributed by atoms with Crippen LogP contribution >= 0.6 is 24.0 Å². The van der Waals surface area contributed by atoms with Gasteiger partial charge < -0.3 is 10.2 Å². The molecule has 1 N–H and O–H groups in total. The first-order valence-corrected chi connectivity index (χ1v) is 9.10. The van der Waals surface area contributed by atoms with E-state index in [1.165, 1.54) is 0 Å². The van der Waals surface area contributed by atoms with Crippen LogP contribution < -0.4 is 10.9 Å². The number of amides is 1. The van der Waals surface area contributed by atoms with Gasteiger partial charge in [-0.05, 0) is 23.8 Å². The Morgan fingerprint density at radius 2 is 1.93 bits per heavy atom. The zero-order valence-corrected chi connectivity index (χ0v) is 16.5. The fourth-order valence-electron chi connectivity index (χ4n) is 3.37. The molecule has 1 saturated heterocycles. The van der Waals surface area contributed by atoms with Gasteiger partial charge in [0.15, 0.2) is 0 Å². The molecule has 3 aromatic rings. The number of nitrogens with one attached hydrogen (secondary N) is 1. The smallest absolute Gasteiger partial charge is 0.278 e. The number of hydrogen-bond acceptors (Lipinski definition) is 5. The van der Waals surface area contributed by atoms with Gasteiger partial charge in [0, 0.05) is 24.7 Å². The summed E-state index contributed by atoms with van der Waals surface area (Å²) < 4.78 is 1.12. The van der Waals surface area contributed by atoms with Crippen LogP contribution in [0.2, 0.25) is 5.02 Å². The van der Waals surface area contributed by atoms with Crippen LogP contribution in [0.15, 0.2) is 53.3 Å². The zero-order valence-electron chi connectivity index (χ0n) is 14.9. The highest BCUT2D eigenvalue weighted by molar-refractivity contribution is 6.31. The molecule has 7 nitrogen and oxygen atoms in total. The number of halogens is 2. The van der Waals surface area contributed by atoms with Crippen molar-refractivity contribution in [3.8, 4) is 0 Å². The van der Waals surface area contributed by atoms with Gasteiger partial charge in [0.2, 0.25) is 5.91 Å². The number of piperazine rings is 1. The highest BCUT2D eigenvalue weighted by Gasteiger charge is 2.29. The number of aromatic nitrogens is 3. The Balaban J connectivity index is 0.00000225. The van der Waals surface area contributed by atoms with Gasteiger partial charge in [0.1, 0.15) is 12.1 Å². The predicted molar refractivity (Wildman–Crippen MR) is 110 cm³/mol. The summed E-state index contributed by atoms with van der Waals surface area (Å²) in [5.74, 6) is -0.187. The number of rotatable bonds is 3. The number of carbonyl (C=O) groups is 1. The van der Waals surface area contributed by atoms with E-state index in [1.54, 1.807) is 29.2 Å². The van der Waals surface area contributed by atoms with Gasteiger partial charge in [-0.15, -0.1) is 17.5 Å². The van der Waals surface area contributed by atoms with Crippen LogP contribution in [0.1, 0.15) is 11.6 Å². The highest BCUT2D eigenvalue weighted by Crippen LogP contribution is 2.28. The molecule has 28 heavy (non-hydrogen) atoms. The lowest BCUT2D eigenvalue weighted by Gasteiger charge is -2.37. The molecule has 0 saturated carbocycles. The van der Waals surface area contributed by atoms with Gasteiger partial charge in [-0.3, -0.25) is 9.59 Å². The van der Waals surface area contributed by atoms with E-state index in [0.29, 0.717) is 35.6 Å². The van der Waals surface area contributed by atoms with Crippen LogP contribution in [0.25, 0.3) is 10.9 Å². The summed E-state index contributed by atoms with van der Waals surface area (Å²) in [4.78, 5) is 27.3. The number of carbonyl (C=O) groups excluding carboxylic acids is 1. The van der Waals surface area contributed by atoms with E-state index in [0.717, 1.165) is 10.2 Å². The van der Waals surface area contributed by atoms with Gasteiger partial charge in [-0.1, -0.05) is 47.1 Å². The first-order valence-electron chi connectivity index (χ1n) is 8.72. The zero-order chi connectivity index (χ0) is 18.8. The molecule has 1 atom stereocenters. The maximum Gasteiger partial charge on any atom is 0.278 e. The quantitative estimate of drug-likeness (QED) is 0.702. The molecule has 4 rings (SSSR count). The molecule has 1 fully saturated rings. The molecule has 1 aliphatic heterocycles. The lowest BCUT2D eigenvalue weighted by molar-refractivity contribution is -0.135. The Kier molecular flexibility index (Phi) is 6.28. The third-order valence-electron chi connectivity index (χ3n) is 4.74. The highest BCUT2D eigenvalue weighted by atomic mass is 35.5. The number of benzene rings is 2. The fourth-order valence-corrected chi connectivity index (χ4v) is 3.63. The first kappa shape index (κ1) is 20.3. The van der Waals surface area contributed by atoms with Crippen molar-refractivity contribution in [3.05, 3.63) is 69.5 Å². The first-order chi connectivity index (χ1) is 13.1. The molecule has 0 bridgehead atoms. The summed E-state index contributed by atoms with van der Waals surface area (Å²) in [6, 6.07) is 14.3. The molecule has 9 heteroatoms. The van der Waals surface area contributed by atoms with Crippen molar-refractivity contribution in [2.45, 2.75) is 12.6 Å². The number of hydrogen-bond donors (Lipinski definition) is 1. The van der Waals surface area contributed by atoms with Crippen LogP contribution in [0.3, 0.4) is 0 Å². The predicted octanol–water partition coefficient (Wildman–Crippen LogP) is 2.04. The van der Waals surface area contributed by atoms with E-state index >= 15 is 0 Å². The summed E-state index contributed by atoms with van der Waals surface area (Å²) in [5, 5.41) is 12.3. The monoisotopic (exact) mass is 419 g/mol. The molecule has 0 radical (unpaired) electrons. The second-order valence-corrected chi connectivity index (χ2v) is 6.81. The third kappa shape index (κ3) is 3.87. The standard InChI is InChI=1S/C19H18ClN5O2.ClH/c20-15-7-3-1-5-13(15)17-11-21-9-10-24(17)18(26)12-25-19(27)14-6-2-4-8-16(14)22-23-25;/h1-8,17,21H,9-12H2;1H. The lowest BCUT2D eigenvalue weighted by Crippen LogP contribution is -2.50. The second kappa shape index (κ2) is 8.68. The summed E-state index contributed by atoms with van der Waals surface area (Å²) in [6.07, 6.45) is 0. The van der Waals surface area contributed by atoms with Crippen molar-refractivity contribution >= 4 is 40.8 Å². The SMILES string of the molecule is Cl.O=C(Cn1nnc2ccccc2c1=O)N1CCNCC1c1ccccc1Cl.